The van der Waals surface area contributed by atoms with Crippen LogP contribution in [-0.2, 0) is 20.2 Å². The highest BCUT2D eigenvalue weighted by atomic mass is 16.3. The van der Waals surface area contributed by atoms with Gasteiger partial charge in [-0.25, -0.2) is 9.78 Å². The van der Waals surface area contributed by atoms with E-state index in [2.05, 4.69) is 15.0 Å². The lowest BCUT2D eigenvalue weighted by molar-refractivity contribution is 0.273. The molecule has 0 aliphatic rings. The van der Waals surface area contributed by atoms with Crippen molar-refractivity contribution in [1.82, 2.24) is 24.1 Å². The average molecular weight is 287 g/mol. The van der Waals surface area contributed by atoms with Crippen LogP contribution in [-0.4, -0.2) is 29.2 Å². The zero-order valence-electron chi connectivity index (χ0n) is 11.3. The van der Waals surface area contributed by atoms with Gasteiger partial charge in [0, 0.05) is 13.2 Å². The Morgan fingerprint density at radius 2 is 2.14 bits per heavy atom. The first-order valence-corrected chi connectivity index (χ1v) is 6.31. The minimum absolute atomic E-state index is 0.0791. The lowest BCUT2D eigenvalue weighted by Gasteiger charge is -2.07. The van der Waals surface area contributed by atoms with Crippen LogP contribution in [0.3, 0.4) is 0 Å². The first-order chi connectivity index (χ1) is 10.1. The first-order valence-electron chi connectivity index (χ1n) is 6.31. The Hall–Kier alpha value is -2.74. The van der Waals surface area contributed by atoms with Crippen molar-refractivity contribution in [2.75, 3.05) is 0 Å². The quantitative estimate of drug-likeness (QED) is 0.666. The minimum atomic E-state index is -0.481. The van der Waals surface area contributed by atoms with Crippen LogP contribution < -0.4 is 11.2 Å². The van der Waals surface area contributed by atoms with E-state index in [1.165, 1.54) is 11.6 Å². The lowest BCUT2D eigenvalue weighted by atomic mass is 10.3. The van der Waals surface area contributed by atoms with E-state index in [-0.39, 0.29) is 30.1 Å². The Kier molecular flexibility index (Phi) is 3.15. The highest BCUT2D eigenvalue weighted by molar-refractivity contribution is 5.69. The summed E-state index contributed by atoms with van der Waals surface area (Å²) < 4.78 is 2.36. The SMILES string of the molecule is Cn1c(=O)n(Cc2ccccn2)c(=O)c2[nH]c(CO)nc21. The largest absolute Gasteiger partial charge is 0.388 e. The molecule has 2 N–H and O–H groups in total. The standard InChI is InChI=1S/C13H13N5O3/c1-17-11-10(15-9(7-19)16-11)12(20)18(13(17)21)6-8-4-2-3-5-14-8/h2-5,19H,6-7H2,1H3,(H,15,16). The fourth-order valence-electron chi connectivity index (χ4n) is 2.17. The average Bonchev–Trinajstić information content (AvgIpc) is 2.95. The van der Waals surface area contributed by atoms with Crippen LogP contribution in [0.1, 0.15) is 11.5 Å². The zero-order valence-corrected chi connectivity index (χ0v) is 11.3. The number of aromatic amines is 1. The van der Waals surface area contributed by atoms with E-state index in [0.717, 1.165) is 4.57 Å². The zero-order chi connectivity index (χ0) is 15.0. The van der Waals surface area contributed by atoms with Crippen molar-refractivity contribution >= 4 is 11.2 Å². The molecule has 0 aliphatic heterocycles. The summed E-state index contributed by atoms with van der Waals surface area (Å²) in [5.41, 5.74) is 0.0708. The summed E-state index contributed by atoms with van der Waals surface area (Å²) in [6.07, 6.45) is 1.60. The van der Waals surface area contributed by atoms with E-state index >= 15 is 0 Å². The van der Waals surface area contributed by atoms with Crippen LogP contribution in [0, 0.1) is 0 Å². The topological polar surface area (TPSA) is 106 Å². The predicted molar refractivity (Wildman–Crippen MR) is 74.9 cm³/mol. The normalized spacial score (nSPS) is 11.1. The molecular weight excluding hydrogens is 274 g/mol. The Balaban J connectivity index is 2.24. The van der Waals surface area contributed by atoms with Crippen LogP contribution in [0.4, 0.5) is 0 Å². The number of pyridine rings is 1. The van der Waals surface area contributed by atoms with Crippen LogP contribution in [0.5, 0.6) is 0 Å². The van der Waals surface area contributed by atoms with Crippen LogP contribution in [0.15, 0.2) is 34.0 Å². The number of hydrogen-bond donors (Lipinski definition) is 2. The molecular formula is C13H13N5O3. The summed E-state index contributed by atoms with van der Waals surface area (Å²) in [6.45, 7) is -0.252. The number of rotatable bonds is 3. The molecule has 0 saturated heterocycles. The fourth-order valence-corrected chi connectivity index (χ4v) is 2.17. The fraction of sp³-hybridized carbons (Fsp3) is 0.231. The molecule has 0 atom stereocenters. The number of aliphatic hydroxyl groups is 1. The molecule has 0 bridgehead atoms. The highest BCUT2D eigenvalue weighted by Gasteiger charge is 2.15. The van der Waals surface area contributed by atoms with Gasteiger partial charge in [-0.2, -0.15) is 0 Å². The molecule has 3 rings (SSSR count). The number of fused-ring (bicyclic) bond motifs is 1. The van der Waals surface area contributed by atoms with E-state index in [0.29, 0.717) is 5.69 Å². The van der Waals surface area contributed by atoms with Crippen molar-refractivity contribution in [1.29, 1.82) is 0 Å². The van der Waals surface area contributed by atoms with Gasteiger partial charge in [0.25, 0.3) is 5.56 Å². The van der Waals surface area contributed by atoms with Crippen LogP contribution in [0.2, 0.25) is 0 Å². The Morgan fingerprint density at radius 1 is 1.33 bits per heavy atom. The molecule has 3 heterocycles. The van der Waals surface area contributed by atoms with E-state index in [4.69, 9.17) is 5.11 Å². The summed E-state index contributed by atoms with van der Waals surface area (Å²) in [7, 11) is 1.53. The third-order valence-corrected chi connectivity index (χ3v) is 3.22. The molecule has 3 aromatic heterocycles. The number of aliphatic hydroxyl groups excluding tert-OH is 1. The molecule has 3 aromatic rings. The molecule has 0 saturated carbocycles. The molecule has 8 nitrogen and oxygen atoms in total. The van der Waals surface area contributed by atoms with Crippen molar-refractivity contribution in [3.05, 3.63) is 56.8 Å². The lowest BCUT2D eigenvalue weighted by Crippen LogP contribution is -2.39. The number of H-pyrrole nitrogens is 1. The van der Waals surface area contributed by atoms with Gasteiger partial charge in [0.1, 0.15) is 17.9 Å². The van der Waals surface area contributed by atoms with E-state index in [1.807, 2.05) is 0 Å². The van der Waals surface area contributed by atoms with E-state index < -0.39 is 11.2 Å². The Bertz CT molecular complexity index is 907. The van der Waals surface area contributed by atoms with Crippen molar-refractivity contribution < 1.29 is 5.11 Å². The van der Waals surface area contributed by atoms with Gasteiger partial charge < -0.3 is 10.1 Å². The Morgan fingerprint density at radius 3 is 2.81 bits per heavy atom. The third-order valence-electron chi connectivity index (χ3n) is 3.22. The maximum absolute atomic E-state index is 12.4. The third kappa shape index (κ3) is 2.15. The summed E-state index contributed by atoms with van der Waals surface area (Å²) in [4.78, 5) is 35.6. The number of aryl methyl sites for hydroxylation is 1. The van der Waals surface area contributed by atoms with Crippen molar-refractivity contribution in [2.24, 2.45) is 7.05 Å². The van der Waals surface area contributed by atoms with Crippen molar-refractivity contribution in [3.63, 3.8) is 0 Å². The maximum atomic E-state index is 12.4. The smallest absolute Gasteiger partial charge is 0.332 e. The van der Waals surface area contributed by atoms with Crippen LogP contribution in [0.25, 0.3) is 11.2 Å². The minimum Gasteiger partial charge on any atom is -0.388 e. The van der Waals surface area contributed by atoms with E-state index in [9.17, 15) is 9.59 Å². The Labute approximate surface area is 118 Å². The van der Waals surface area contributed by atoms with Gasteiger partial charge in [0.2, 0.25) is 0 Å². The van der Waals surface area contributed by atoms with Gasteiger partial charge >= 0.3 is 5.69 Å². The summed E-state index contributed by atoms with van der Waals surface area (Å²) in [6, 6.07) is 5.29. The second-order valence-electron chi connectivity index (χ2n) is 4.59. The maximum Gasteiger partial charge on any atom is 0.332 e. The number of imidazole rings is 1. The van der Waals surface area contributed by atoms with Crippen LogP contribution >= 0.6 is 0 Å². The number of nitrogens with one attached hydrogen (secondary N) is 1. The number of hydrogen-bond acceptors (Lipinski definition) is 5. The number of aromatic nitrogens is 5. The molecule has 21 heavy (non-hydrogen) atoms. The molecule has 0 radical (unpaired) electrons. The number of nitrogens with zero attached hydrogens (tertiary/aromatic N) is 4. The van der Waals surface area contributed by atoms with Gasteiger partial charge in [0.05, 0.1) is 12.2 Å². The van der Waals surface area contributed by atoms with E-state index in [1.54, 1.807) is 24.4 Å². The first kappa shape index (κ1) is 13.3. The van der Waals surface area contributed by atoms with Gasteiger partial charge in [-0.1, -0.05) is 6.07 Å². The van der Waals surface area contributed by atoms with Crippen molar-refractivity contribution in [3.8, 4) is 0 Å². The molecule has 0 amide bonds. The molecule has 0 aromatic carbocycles. The second kappa shape index (κ2) is 4.98. The van der Waals surface area contributed by atoms with Gasteiger partial charge in [-0.05, 0) is 12.1 Å². The monoisotopic (exact) mass is 287 g/mol. The summed E-state index contributed by atoms with van der Waals surface area (Å²) >= 11 is 0. The molecule has 0 fully saturated rings. The molecule has 0 aliphatic carbocycles. The van der Waals surface area contributed by atoms with Gasteiger partial charge in [-0.3, -0.25) is 18.9 Å². The second-order valence-corrected chi connectivity index (χ2v) is 4.59. The molecule has 108 valence electrons. The van der Waals surface area contributed by atoms with Gasteiger partial charge in [0.15, 0.2) is 5.65 Å². The predicted octanol–water partition coefficient (Wildman–Crippen LogP) is -0.641. The molecule has 0 spiro atoms. The summed E-state index contributed by atoms with van der Waals surface area (Å²) in [5, 5.41) is 9.09. The highest BCUT2D eigenvalue weighted by Crippen LogP contribution is 2.04. The summed E-state index contributed by atoms with van der Waals surface area (Å²) in [5.74, 6) is 0.243. The van der Waals surface area contributed by atoms with Gasteiger partial charge in [-0.15, -0.1) is 0 Å². The molecule has 8 heteroatoms. The van der Waals surface area contributed by atoms with Crippen molar-refractivity contribution in [2.45, 2.75) is 13.2 Å². The molecule has 0 unspecified atom stereocenters.